The van der Waals surface area contributed by atoms with Crippen LogP contribution in [0, 0.1) is 5.82 Å². The molecule has 0 aromatic heterocycles. The average molecular weight is 280 g/mol. The second kappa shape index (κ2) is 5.58. The van der Waals surface area contributed by atoms with Crippen molar-refractivity contribution in [3.05, 3.63) is 35.6 Å². The monoisotopic (exact) mass is 280 g/mol. The van der Waals surface area contributed by atoms with E-state index >= 15 is 0 Å². The molecule has 1 aliphatic rings. The van der Waals surface area contributed by atoms with Crippen molar-refractivity contribution in [2.45, 2.75) is 12.1 Å². The van der Waals surface area contributed by atoms with E-state index < -0.39 is 12.1 Å². The van der Waals surface area contributed by atoms with Crippen LogP contribution >= 0.6 is 0 Å². The number of carbonyl (C=O) groups is 2. The summed E-state index contributed by atoms with van der Waals surface area (Å²) in [6.45, 7) is -0.127. The zero-order valence-electron chi connectivity index (χ0n) is 11.7. The van der Waals surface area contributed by atoms with Crippen molar-refractivity contribution in [2.24, 2.45) is 0 Å². The summed E-state index contributed by atoms with van der Waals surface area (Å²) in [6, 6.07) is 5.19. The van der Waals surface area contributed by atoms with E-state index in [1.807, 2.05) is 0 Å². The smallest absolute Gasteiger partial charge is 0.253 e. The highest BCUT2D eigenvalue weighted by Crippen LogP contribution is 2.29. The number of rotatable bonds is 2. The number of halogens is 1. The van der Waals surface area contributed by atoms with Gasteiger partial charge in [-0.2, -0.15) is 0 Å². The second-order valence-electron chi connectivity index (χ2n) is 4.97. The number of hydrogen-bond acceptors (Lipinski definition) is 3. The zero-order valence-corrected chi connectivity index (χ0v) is 11.7. The standard InChI is InChI=1S/C14H17FN2O3/c1-16(2)14(19)13-12(17(3)11(18)8-20-13)9-4-6-10(15)7-5-9/h4-7,12-13H,8H2,1-3H3/t12-,13+/m1/s1. The number of carbonyl (C=O) groups excluding carboxylic acids is 2. The van der Waals surface area contributed by atoms with Gasteiger partial charge in [-0.05, 0) is 17.7 Å². The van der Waals surface area contributed by atoms with E-state index in [-0.39, 0.29) is 24.2 Å². The molecule has 0 bridgehead atoms. The van der Waals surface area contributed by atoms with E-state index in [1.165, 1.54) is 21.9 Å². The molecule has 2 atom stereocenters. The number of hydrogen-bond donors (Lipinski definition) is 0. The molecule has 1 fully saturated rings. The highest BCUT2D eigenvalue weighted by molar-refractivity contribution is 5.86. The third-order valence-corrected chi connectivity index (χ3v) is 3.38. The lowest BCUT2D eigenvalue weighted by molar-refractivity contribution is -0.166. The molecule has 0 saturated carbocycles. The second-order valence-corrected chi connectivity index (χ2v) is 4.97. The van der Waals surface area contributed by atoms with Crippen LogP contribution in [0.25, 0.3) is 0 Å². The molecule has 1 aliphatic heterocycles. The quantitative estimate of drug-likeness (QED) is 0.805. The molecule has 1 aromatic rings. The Morgan fingerprint density at radius 1 is 1.35 bits per heavy atom. The minimum atomic E-state index is -0.779. The van der Waals surface area contributed by atoms with Gasteiger partial charge in [-0.3, -0.25) is 9.59 Å². The van der Waals surface area contributed by atoms with Gasteiger partial charge in [0.05, 0.1) is 6.04 Å². The highest BCUT2D eigenvalue weighted by Gasteiger charge is 2.40. The molecule has 0 spiro atoms. The van der Waals surface area contributed by atoms with Crippen LogP contribution < -0.4 is 0 Å². The van der Waals surface area contributed by atoms with Crippen molar-refractivity contribution in [1.82, 2.24) is 9.80 Å². The zero-order chi connectivity index (χ0) is 14.9. The molecule has 1 aromatic carbocycles. The van der Waals surface area contributed by atoms with E-state index in [9.17, 15) is 14.0 Å². The minimum Gasteiger partial charge on any atom is -0.356 e. The highest BCUT2D eigenvalue weighted by atomic mass is 19.1. The fourth-order valence-corrected chi connectivity index (χ4v) is 2.23. The van der Waals surface area contributed by atoms with Crippen molar-refractivity contribution in [3.8, 4) is 0 Å². The molecule has 2 rings (SSSR count). The van der Waals surface area contributed by atoms with Crippen molar-refractivity contribution in [3.63, 3.8) is 0 Å². The molecule has 5 nitrogen and oxygen atoms in total. The van der Waals surface area contributed by atoms with Gasteiger partial charge in [0.25, 0.3) is 5.91 Å². The van der Waals surface area contributed by atoms with Crippen LogP contribution in [0.15, 0.2) is 24.3 Å². The Balaban J connectivity index is 2.37. The summed E-state index contributed by atoms with van der Waals surface area (Å²) in [7, 11) is 4.88. The van der Waals surface area contributed by atoms with Crippen LogP contribution in [-0.4, -0.2) is 55.5 Å². The number of nitrogens with zero attached hydrogens (tertiary/aromatic N) is 2. The van der Waals surface area contributed by atoms with Gasteiger partial charge in [0.2, 0.25) is 5.91 Å². The summed E-state index contributed by atoms with van der Waals surface area (Å²) in [5, 5.41) is 0. The van der Waals surface area contributed by atoms with Crippen LogP contribution in [0.3, 0.4) is 0 Å². The van der Waals surface area contributed by atoms with Gasteiger partial charge in [0.15, 0.2) is 6.10 Å². The Kier molecular flexibility index (Phi) is 4.04. The van der Waals surface area contributed by atoms with E-state index in [2.05, 4.69) is 0 Å². The fourth-order valence-electron chi connectivity index (χ4n) is 2.23. The van der Waals surface area contributed by atoms with Crippen LogP contribution in [0.4, 0.5) is 4.39 Å². The maximum absolute atomic E-state index is 13.0. The van der Waals surface area contributed by atoms with Crippen molar-refractivity contribution in [1.29, 1.82) is 0 Å². The Hall–Kier alpha value is -1.95. The Morgan fingerprint density at radius 2 is 1.95 bits per heavy atom. The van der Waals surface area contributed by atoms with Gasteiger partial charge in [-0.25, -0.2) is 4.39 Å². The predicted octanol–water partition coefficient (Wildman–Crippen LogP) is 0.812. The van der Waals surface area contributed by atoms with Crippen LogP contribution in [-0.2, 0) is 14.3 Å². The molecule has 0 radical (unpaired) electrons. The molecule has 0 unspecified atom stereocenters. The third-order valence-electron chi connectivity index (χ3n) is 3.38. The summed E-state index contributed by atoms with van der Waals surface area (Å²) in [5.41, 5.74) is 0.669. The number of likely N-dealkylation sites (N-methyl/N-ethyl adjacent to an activating group) is 2. The molecular weight excluding hydrogens is 263 g/mol. The van der Waals surface area contributed by atoms with Crippen molar-refractivity contribution < 1.29 is 18.7 Å². The maximum Gasteiger partial charge on any atom is 0.253 e. The first-order valence-corrected chi connectivity index (χ1v) is 6.25. The molecule has 6 heteroatoms. The van der Waals surface area contributed by atoms with Gasteiger partial charge < -0.3 is 14.5 Å². The fraction of sp³-hybridized carbons (Fsp3) is 0.429. The Morgan fingerprint density at radius 3 is 2.50 bits per heavy atom. The van der Waals surface area contributed by atoms with Gasteiger partial charge in [-0.15, -0.1) is 0 Å². The topological polar surface area (TPSA) is 49.9 Å². The molecule has 108 valence electrons. The molecule has 20 heavy (non-hydrogen) atoms. The summed E-state index contributed by atoms with van der Waals surface area (Å²) < 4.78 is 18.4. The first kappa shape index (κ1) is 14.5. The number of amides is 2. The molecule has 1 saturated heterocycles. The SMILES string of the molecule is CN(C)C(=O)[C@H]1OCC(=O)N(C)[C@@H]1c1ccc(F)cc1. The van der Waals surface area contributed by atoms with Crippen molar-refractivity contribution in [2.75, 3.05) is 27.7 Å². The predicted molar refractivity (Wildman–Crippen MR) is 70.3 cm³/mol. The Bertz CT molecular complexity index is 516. The number of ether oxygens (including phenoxy) is 1. The first-order chi connectivity index (χ1) is 9.41. The maximum atomic E-state index is 13.0. The summed E-state index contributed by atoms with van der Waals surface area (Å²) in [5.74, 6) is -0.796. The summed E-state index contributed by atoms with van der Waals surface area (Å²) in [6.07, 6.45) is -0.779. The normalized spacial score (nSPS) is 22.8. The van der Waals surface area contributed by atoms with Crippen LogP contribution in [0.5, 0.6) is 0 Å². The summed E-state index contributed by atoms with van der Waals surface area (Å²) in [4.78, 5) is 26.9. The molecule has 0 N–H and O–H groups in total. The third kappa shape index (κ3) is 2.65. The molecule has 1 heterocycles. The van der Waals surface area contributed by atoms with Crippen LogP contribution in [0.1, 0.15) is 11.6 Å². The van der Waals surface area contributed by atoms with E-state index in [4.69, 9.17) is 4.74 Å². The summed E-state index contributed by atoms with van der Waals surface area (Å²) >= 11 is 0. The van der Waals surface area contributed by atoms with E-state index in [0.29, 0.717) is 5.56 Å². The minimum absolute atomic E-state index is 0.127. The lowest BCUT2D eigenvalue weighted by Crippen LogP contribution is -2.52. The van der Waals surface area contributed by atoms with Gasteiger partial charge in [0.1, 0.15) is 12.4 Å². The van der Waals surface area contributed by atoms with E-state index in [0.717, 1.165) is 0 Å². The van der Waals surface area contributed by atoms with Gasteiger partial charge in [0, 0.05) is 21.1 Å². The van der Waals surface area contributed by atoms with Crippen LogP contribution in [0.2, 0.25) is 0 Å². The average Bonchev–Trinajstić information content (AvgIpc) is 2.42. The van der Waals surface area contributed by atoms with E-state index in [1.54, 1.807) is 33.3 Å². The lowest BCUT2D eigenvalue weighted by Gasteiger charge is -2.39. The largest absolute Gasteiger partial charge is 0.356 e. The first-order valence-electron chi connectivity index (χ1n) is 6.25. The number of benzene rings is 1. The Labute approximate surface area is 116 Å². The molecular formula is C14H17FN2O3. The van der Waals surface area contributed by atoms with Crippen molar-refractivity contribution >= 4 is 11.8 Å². The number of morpholine rings is 1. The van der Waals surface area contributed by atoms with Gasteiger partial charge >= 0.3 is 0 Å². The molecule has 2 amide bonds. The van der Waals surface area contributed by atoms with Gasteiger partial charge in [-0.1, -0.05) is 12.1 Å². The lowest BCUT2D eigenvalue weighted by atomic mass is 9.97. The molecule has 0 aliphatic carbocycles.